The fourth-order valence-corrected chi connectivity index (χ4v) is 6.25. The minimum atomic E-state index is -0.496. The molecule has 0 bridgehead atoms. The molecule has 0 amide bonds. The van der Waals surface area contributed by atoms with Crippen LogP contribution in [0.1, 0.15) is 70.4 Å². The molecule has 1 heterocycles. The number of nitro benzene ring substituents is 1. The van der Waals surface area contributed by atoms with Gasteiger partial charge in [-0.1, -0.05) is 58.0 Å². The summed E-state index contributed by atoms with van der Waals surface area (Å²) in [6, 6.07) is 13.9. The number of benzene rings is 2. The molecule has 2 aromatic carbocycles. The second-order valence-corrected chi connectivity index (χ2v) is 12.3. The molecule has 198 valence electrons. The van der Waals surface area contributed by atoms with Crippen molar-refractivity contribution in [2.75, 3.05) is 7.05 Å². The first-order chi connectivity index (χ1) is 17.9. The molecule has 0 atom stereocenters. The van der Waals surface area contributed by atoms with Crippen molar-refractivity contribution < 1.29 is 19.2 Å². The molecule has 7 nitrogen and oxygen atoms in total. The molecule has 38 heavy (non-hydrogen) atoms. The molecule has 7 heteroatoms. The van der Waals surface area contributed by atoms with Crippen LogP contribution >= 0.6 is 0 Å². The zero-order valence-electron chi connectivity index (χ0n) is 22.7. The predicted molar refractivity (Wildman–Crippen MR) is 144 cm³/mol. The van der Waals surface area contributed by atoms with Crippen molar-refractivity contribution in [1.82, 2.24) is 4.90 Å². The van der Waals surface area contributed by atoms with Crippen LogP contribution in [0.3, 0.4) is 0 Å². The highest BCUT2D eigenvalue weighted by Gasteiger charge is 2.48. The summed E-state index contributed by atoms with van der Waals surface area (Å²) < 4.78 is 6.25. The van der Waals surface area contributed by atoms with Gasteiger partial charge in [0.1, 0.15) is 12.4 Å². The molecule has 0 aromatic heterocycles. The van der Waals surface area contributed by atoms with Gasteiger partial charge in [0.05, 0.1) is 4.92 Å². The van der Waals surface area contributed by atoms with Crippen LogP contribution in [0.2, 0.25) is 0 Å². The molecule has 0 saturated carbocycles. The quantitative estimate of drug-likeness (QED) is 0.335. The minimum absolute atomic E-state index is 0.00475. The van der Waals surface area contributed by atoms with Crippen LogP contribution in [-0.4, -0.2) is 28.4 Å². The molecular formula is C31H34N2O5. The molecule has 0 spiro atoms. The van der Waals surface area contributed by atoms with Gasteiger partial charge < -0.3 is 9.64 Å². The second-order valence-electron chi connectivity index (χ2n) is 12.3. The van der Waals surface area contributed by atoms with E-state index in [2.05, 4.69) is 32.6 Å². The number of non-ortho nitro benzene ring substituents is 1. The van der Waals surface area contributed by atoms with Crippen molar-refractivity contribution in [3.05, 3.63) is 92.3 Å². The number of ether oxygens (including phenoxy) is 1. The molecule has 0 radical (unpaired) electrons. The largest absolute Gasteiger partial charge is 0.489 e. The number of hydrogen-bond donors (Lipinski definition) is 0. The first-order valence-electron chi connectivity index (χ1n) is 13.1. The van der Waals surface area contributed by atoms with Gasteiger partial charge in [-0.05, 0) is 35.3 Å². The number of allylic oxidation sites excluding steroid dienone is 4. The third-order valence-electron chi connectivity index (χ3n) is 7.93. The Kier molecular flexibility index (Phi) is 6.28. The standard InChI is InChI=1S/C31H34N2O5/c1-30(2)14-22-28(24(34)16-30)27(29-23(32(22)5)15-31(3,4)17-25(29)35)21-11-6-7-12-26(21)38-18-19-9-8-10-20(13-19)33(36)37/h6-13,27H,14-18H2,1-5H3. The highest BCUT2D eigenvalue weighted by molar-refractivity contribution is 6.07. The van der Waals surface area contributed by atoms with E-state index in [0.29, 0.717) is 35.3 Å². The average molecular weight is 515 g/mol. The summed E-state index contributed by atoms with van der Waals surface area (Å²) in [6.45, 7) is 8.60. The number of para-hydroxylation sites is 1. The molecule has 2 aromatic rings. The van der Waals surface area contributed by atoms with E-state index in [0.717, 1.165) is 29.8 Å². The molecular weight excluding hydrogens is 480 g/mol. The van der Waals surface area contributed by atoms with Gasteiger partial charge in [-0.15, -0.1) is 0 Å². The van der Waals surface area contributed by atoms with Gasteiger partial charge in [-0.2, -0.15) is 0 Å². The number of carbonyl (C=O) groups excluding carboxylic acids is 2. The summed E-state index contributed by atoms with van der Waals surface area (Å²) in [5.41, 5.74) is 4.51. The van der Waals surface area contributed by atoms with Gasteiger partial charge in [0.2, 0.25) is 0 Å². The van der Waals surface area contributed by atoms with E-state index in [1.165, 1.54) is 12.1 Å². The lowest BCUT2D eigenvalue weighted by Gasteiger charge is -2.48. The molecule has 5 rings (SSSR count). The third kappa shape index (κ3) is 4.66. The third-order valence-corrected chi connectivity index (χ3v) is 7.93. The summed E-state index contributed by atoms with van der Waals surface area (Å²) in [6.07, 6.45) is 2.36. The second kappa shape index (κ2) is 9.22. The number of rotatable bonds is 5. The highest BCUT2D eigenvalue weighted by atomic mass is 16.6. The fraction of sp³-hybridized carbons (Fsp3) is 0.419. The van der Waals surface area contributed by atoms with Crippen LogP contribution < -0.4 is 4.74 Å². The van der Waals surface area contributed by atoms with Crippen molar-refractivity contribution in [3.8, 4) is 5.75 Å². The molecule has 0 saturated heterocycles. The summed E-state index contributed by atoms with van der Waals surface area (Å²) >= 11 is 0. The number of Topliss-reactive ketones (excluding diaryl/α,β-unsaturated/α-hetero) is 2. The van der Waals surface area contributed by atoms with Crippen molar-refractivity contribution in [3.63, 3.8) is 0 Å². The predicted octanol–water partition coefficient (Wildman–Crippen LogP) is 6.49. The normalized spacial score (nSPS) is 20.8. The lowest BCUT2D eigenvalue weighted by molar-refractivity contribution is -0.384. The Balaban J connectivity index is 1.62. The topological polar surface area (TPSA) is 89.8 Å². The SMILES string of the molecule is CN1C2=C(C(=O)CC(C)(C)C2)C(c2ccccc2OCc2cccc([N+](=O)[O-])c2)C2=C1CC(C)(C)CC2=O. The summed E-state index contributed by atoms with van der Waals surface area (Å²) in [5.74, 6) is 0.226. The van der Waals surface area contributed by atoms with Crippen molar-refractivity contribution in [1.29, 1.82) is 0 Å². The van der Waals surface area contributed by atoms with Crippen LogP contribution in [0.15, 0.2) is 71.1 Å². The maximum Gasteiger partial charge on any atom is 0.269 e. The molecule has 0 unspecified atom stereocenters. The lowest BCUT2D eigenvalue weighted by Crippen LogP contribution is -2.43. The smallest absolute Gasteiger partial charge is 0.269 e. The van der Waals surface area contributed by atoms with E-state index in [4.69, 9.17) is 4.74 Å². The van der Waals surface area contributed by atoms with Gasteiger partial charge in [0.15, 0.2) is 11.6 Å². The van der Waals surface area contributed by atoms with Gasteiger partial charge in [0.25, 0.3) is 5.69 Å². The summed E-state index contributed by atoms with van der Waals surface area (Å²) in [7, 11) is 1.99. The molecule has 0 fully saturated rings. The van der Waals surface area contributed by atoms with Crippen LogP contribution in [-0.2, 0) is 16.2 Å². The maximum atomic E-state index is 13.8. The Morgan fingerprint density at radius 1 is 0.895 bits per heavy atom. The monoisotopic (exact) mass is 514 g/mol. The Morgan fingerprint density at radius 3 is 2.05 bits per heavy atom. The van der Waals surface area contributed by atoms with Gasteiger partial charge in [-0.25, -0.2) is 0 Å². The van der Waals surface area contributed by atoms with Crippen molar-refractivity contribution >= 4 is 17.3 Å². The number of hydrogen-bond acceptors (Lipinski definition) is 6. The van der Waals surface area contributed by atoms with E-state index >= 15 is 0 Å². The first kappa shape index (κ1) is 25.9. The Labute approximate surface area is 223 Å². The Bertz CT molecular complexity index is 1360. The van der Waals surface area contributed by atoms with Gasteiger partial charge in [-0.3, -0.25) is 19.7 Å². The maximum absolute atomic E-state index is 13.8. The van der Waals surface area contributed by atoms with E-state index in [1.54, 1.807) is 12.1 Å². The molecule has 1 aliphatic heterocycles. The Morgan fingerprint density at radius 2 is 1.47 bits per heavy atom. The van der Waals surface area contributed by atoms with Crippen LogP contribution in [0.25, 0.3) is 0 Å². The zero-order valence-corrected chi connectivity index (χ0v) is 22.7. The van der Waals surface area contributed by atoms with Crippen molar-refractivity contribution in [2.45, 2.75) is 65.9 Å². The lowest BCUT2D eigenvalue weighted by atomic mass is 9.63. The number of ketones is 2. The molecule has 3 aliphatic rings. The number of nitro groups is 1. The molecule has 2 aliphatic carbocycles. The fourth-order valence-electron chi connectivity index (χ4n) is 6.25. The Hall–Kier alpha value is -3.74. The van der Waals surface area contributed by atoms with Crippen LogP contribution in [0.5, 0.6) is 5.75 Å². The van der Waals surface area contributed by atoms with E-state index in [-0.39, 0.29) is 34.7 Å². The van der Waals surface area contributed by atoms with Crippen LogP contribution in [0, 0.1) is 20.9 Å². The first-order valence-corrected chi connectivity index (χ1v) is 13.1. The summed E-state index contributed by atoms with van der Waals surface area (Å²) in [4.78, 5) is 40.4. The highest BCUT2D eigenvalue weighted by Crippen LogP contribution is 2.55. The van der Waals surface area contributed by atoms with E-state index < -0.39 is 10.8 Å². The number of nitrogens with zero attached hydrogens (tertiary/aromatic N) is 2. The number of carbonyl (C=O) groups is 2. The zero-order chi connectivity index (χ0) is 27.4. The minimum Gasteiger partial charge on any atom is -0.489 e. The van der Waals surface area contributed by atoms with Gasteiger partial charge in [0, 0.05) is 66.0 Å². The van der Waals surface area contributed by atoms with Gasteiger partial charge >= 0.3 is 0 Å². The molecule has 0 N–H and O–H groups in total. The van der Waals surface area contributed by atoms with E-state index in [9.17, 15) is 19.7 Å². The van der Waals surface area contributed by atoms with Crippen molar-refractivity contribution in [2.24, 2.45) is 10.8 Å². The van der Waals surface area contributed by atoms with Crippen LogP contribution in [0.4, 0.5) is 5.69 Å². The van der Waals surface area contributed by atoms with E-state index in [1.807, 2.05) is 31.3 Å². The summed E-state index contributed by atoms with van der Waals surface area (Å²) in [5, 5.41) is 11.2. The average Bonchev–Trinajstić information content (AvgIpc) is 2.83.